The molecule has 4 rings (SSSR count). The fraction of sp³-hybridized carbons (Fsp3) is 0.345. The molecule has 1 unspecified atom stereocenters. The van der Waals surface area contributed by atoms with Crippen molar-refractivity contribution in [2.24, 2.45) is 0 Å². The van der Waals surface area contributed by atoms with Crippen LogP contribution in [-0.2, 0) is 11.2 Å². The van der Waals surface area contributed by atoms with E-state index in [1.807, 2.05) is 24.0 Å². The van der Waals surface area contributed by atoms with Crippen molar-refractivity contribution in [3.63, 3.8) is 0 Å². The lowest BCUT2D eigenvalue weighted by atomic mass is 9.96. The van der Waals surface area contributed by atoms with Gasteiger partial charge in [0.2, 0.25) is 5.91 Å². The molecule has 3 aromatic carbocycles. The Morgan fingerprint density at radius 1 is 0.973 bits per heavy atom. The molecule has 1 heterocycles. The Morgan fingerprint density at radius 3 is 2.38 bits per heavy atom. The molecular formula is C29H30ClF3N2OS. The first-order chi connectivity index (χ1) is 17.8. The van der Waals surface area contributed by atoms with Crippen LogP contribution in [-0.4, -0.2) is 23.9 Å². The Bertz CT molecular complexity index is 1220. The standard InChI is InChI=1S/C29H30ClF3N2OS/c1-20(35(28-19-24(32)11-15-27(28)33)37-25-12-8-22(30)9-13-25)26-14-10-23(31)18-21(26)6-5-7-29(36)34-16-3-2-4-17-34/h8-15,18-20H,2-7,16-17H2,1H3. The van der Waals surface area contributed by atoms with Gasteiger partial charge in [-0.1, -0.05) is 17.7 Å². The lowest BCUT2D eigenvalue weighted by molar-refractivity contribution is -0.132. The molecule has 0 spiro atoms. The normalized spacial score (nSPS) is 14.5. The van der Waals surface area contributed by atoms with Crippen LogP contribution in [0.1, 0.15) is 56.2 Å². The first-order valence-electron chi connectivity index (χ1n) is 12.6. The van der Waals surface area contributed by atoms with E-state index in [1.54, 1.807) is 22.5 Å². The van der Waals surface area contributed by atoms with Crippen molar-refractivity contribution in [1.29, 1.82) is 0 Å². The van der Waals surface area contributed by atoms with Crippen LogP contribution >= 0.6 is 23.5 Å². The highest BCUT2D eigenvalue weighted by Crippen LogP contribution is 2.40. The zero-order valence-electron chi connectivity index (χ0n) is 20.7. The summed E-state index contributed by atoms with van der Waals surface area (Å²) in [5.74, 6) is -1.36. The van der Waals surface area contributed by atoms with E-state index in [0.29, 0.717) is 24.3 Å². The molecule has 1 aliphatic rings. The molecule has 8 heteroatoms. The molecule has 1 amide bonds. The number of anilines is 1. The third-order valence-electron chi connectivity index (χ3n) is 6.62. The van der Waals surface area contributed by atoms with E-state index in [2.05, 4.69) is 0 Å². The van der Waals surface area contributed by atoms with Crippen LogP contribution < -0.4 is 4.31 Å². The molecule has 1 fully saturated rings. The van der Waals surface area contributed by atoms with Crippen molar-refractivity contribution in [2.45, 2.75) is 56.4 Å². The number of carbonyl (C=O) groups excluding carboxylic acids is 1. The molecule has 37 heavy (non-hydrogen) atoms. The number of piperidine rings is 1. The quantitative estimate of drug-likeness (QED) is 0.252. The fourth-order valence-electron chi connectivity index (χ4n) is 4.66. The van der Waals surface area contributed by atoms with Gasteiger partial charge < -0.3 is 9.21 Å². The van der Waals surface area contributed by atoms with Crippen molar-refractivity contribution in [3.05, 3.63) is 94.3 Å². The van der Waals surface area contributed by atoms with Gasteiger partial charge >= 0.3 is 0 Å². The Morgan fingerprint density at radius 2 is 1.65 bits per heavy atom. The second-order valence-corrected chi connectivity index (χ2v) is 10.8. The number of likely N-dealkylation sites (tertiary alicyclic amines) is 1. The Kier molecular flexibility index (Phi) is 9.43. The minimum Gasteiger partial charge on any atom is -0.343 e. The summed E-state index contributed by atoms with van der Waals surface area (Å²) in [7, 11) is 0. The van der Waals surface area contributed by atoms with Gasteiger partial charge in [-0.3, -0.25) is 4.79 Å². The molecule has 0 saturated carbocycles. The highest BCUT2D eigenvalue weighted by atomic mass is 35.5. The molecular weight excluding hydrogens is 517 g/mol. The number of rotatable bonds is 9. The molecule has 196 valence electrons. The highest BCUT2D eigenvalue weighted by molar-refractivity contribution is 8.00. The fourth-order valence-corrected chi connectivity index (χ4v) is 5.78. The van der Waals surface area contributed by atoms with E-state index >= 15 is 0 Å². The lowest BCUT2D eigenvalue weighted by Gasteiger charge is -2.32. The number of aryl methyl sites for hydroxylation is 1. The van der Waals surface area contributed by atoms with Gasteiger partial charge in [0.1, 0.15) is 17.5 Å². The van der Waals surface area contributed by atoms with E-state index in [1.165, 1.54) is 24.1 Å². The first kappa shape index (κ1) is 27.4. The van der Waals surface area contributed by atoms with Gasteiger partial charge in [0.15, 0.2) is 0 Å². The maximum Gasteiger partial charge on any atom is 0.222 e. The van der Waals surface area contributed by atoms with Crippen molar-refractivity contribution < 1.29 is 18.0 Å². The largest absolute Gasteiger partial charge is 0.343 e. The number of halogens is 4. The minimum absolute atomic E-state index is 0.0861. The maximum absolute atomic E-state index is 15.0. The SMILES string of the molecule is CC(c1ccc(F)cc1CCCC(=O)N1CCCCC1)N(Sc1ccc(Cl)cc1)c1cc(F)ccc1F. The average Bonchev–Trinajstić information content (AvgIpc) is 2.90. The minimum atomic E-state index is -0.564. The van der Waals surface area contributed by atoms with Crippen LogP contribution in [0, 0.1) is 17.5 Å². The number of hydrogen-bond acceptors (Lipinski definition) is 3. The smallest absolute Gasteiger partial charge is 0.222 e. The Labute approximate surface area is 225 Å². The molecule has 1 atom stereocenters. The molecule has 1 aliphatic heterocycles. The van der Waals surface area contributed by atoms with Gasteiger partial charge in [-0.15, -0.1) is 0 Å². The number of hydrogen-bond donors (Lipinski definition) is 0. The molecule has 0 aromatic heterocycles. The summed E-state index contributed by atoms with van der Waals surface area (Å²) in [5.41, 5.74) is 1.62. The molecule has 0 bridgehead atoms. The maximum atomic E-state index is 15.0. The third-order valence-corrected chi connectivity index (χ3v) is 8.06. The van der Waals surface area contributed by atoms with E-state index in [9.17, 15) is 18.0 Å². The van der Waals surface area contributed by atoms with Crippen molar-refractivity contribution >= 4 is 35.1 Å². The summed E-state index contributed by atoms with van der Waals surface area (Å²) in [5, 5.41) is 0.570. The Balaban J connectivity index is 1.59. The van der Waals surface area contributed by atoms with Crippen molar-refractivity contribution in [3.8, 4) is 0 Å². The third kappa shape index (κ3) is 7.23. The summed E-state index contributed by atoms with van der Waals surface area (Å²) >= 11 is 7.28. The lowest BCUT2D eigenvalue weighted by Crippen LogP contribution is -2.35. The molecule has 0 aliphatic carbocycles. The summed E-state index contributed by atoms with van der Waals surface area (Å²) in [6.07, 6.45) is 4.71. The summed E-state index contributed by atoms with van der Waals surface area (Å²) in [4.78, 5) is 15.3. The van der Waals surface area contributed by atoms with Crippen LogP contribution in [0.15, 0.2) is 65.6 Å². The van der Waals surface area contributed by atoms with Gasteiger partial charge in [-0.25, -0.2) is 13.2 Å². The average molecular weight is 547 g/mol. The predicted molar refractivity (Wildman–Crippen MR) is 144 cm³/mol. The number of carbonyl (C=O) groups is 1. The number of benzene rings is 3. The first-order valence-corrected chi connectivity index (χ1v) is 13.7. The monoisotopic (exact) mass is 546 g/mol. The molecule has 0 radical (unpaired) electrons. The van der Waals surface area contributed by atoms with Crippen LogP contribution in [0.4, 0.5) is 18.9 Å². The molecule has 3 aromatic rings. The van der Waals surface area contributed by atoms with E-state index in [0.717, 1.165) is 66.6 Å². The van der Waals surface area contributed by atoms with E-state index in [-0.39, 0.29) is 17.4 Å². The van der Waals surface area contributed by atoms with Gasteiger partial charge in [-0.05, 0) is 111 Å². The van der Waals surface area contributed by atoms with Gasteiger partial charge in [-0.2, -0.15) is 0 Å². The van der Waals surface area contributed by atoms with Crippen LogP contribution in [0.5, 0.6) is 0 Å². The second kappa shape index (κ2) is 12.7. The zero-order valence-corrected chi connectivity index (χ0v) is 22.3. The van der Waals surface area contributed by atoms with Crippen molar-refractivity contribution in [2.75, 3.05) is 17.4 Å². The van der Waals surface area contributed by atoms with E-state index < -0.39 is 17.7 Å². The Hall–Kier alpha value is -2.64. The zero-order chi connectivity index (χ0) is 26.4. The second-order valence-electron chi connectivity index (χ2n) is 9.28. The van der Waals surface area contributed by atoms with Crippen LogP contribution in [0.25, 0.3) is 0 Å². The molecule has 3 nitrogen and oxygen atoms in total. The van der Waals surface area contributed by atoms with Gasteiger partial charge in [0, 0.05) is 35.5 Å². The van der Waals surface area contributed by atoms with Gasteiger partial charge in [0.05, 0.1) is 11.7 Å². The summed E-state index contributed by atoms with van der Waals surface area (Å²) in [6, 6.07) is 14.5. The molecule has 0 N–H and O–H groups in total. The summed E-state index contributed by atoms with van der Waals surface area (Å²) < 4.78 is 45.1. The highest BCUT2D eigenvalue weighted by Gasteiger charge is 2.24. The van der Waals surface area contributed by atoms with Crippen LogP contribution in [0.3, 0.4) is 0 Å². The summed E-state index contributed by atoms with van der Waals surface area (Å²) in [6.45, 7) is 3.48. The van der Waals surface area contributed by atoms with Crippen molar-refractivity contribution in [1.82, 2.24) is 4.90 Å². The van der Waals surface area contributed by atoms with Crippen LogP contribution in [0.2, 0.25) is 5.02 Å². The predicted octanol–water partition coefficient (Wildman–Crippen LogP) is 8.37. The van der Waals surface area contributed by atoms with Gasteiger partial charge in [0.25, 0.3) is 0 Å². The van der Waals surface area contributed by atoms with E-state index in [4.69, 9.17) is 11.6 Å². The topological polar surface area (TPSA) is 23.6 Å². The molecule has 1 saturated heterocycles. The number of nitrogens with zero attached hydrogens (tertiary/aromatic N) is 2. The number of amides is 1.